The van der Waals surface area contributed by atoms with Crippen molar-refractivity contribution in [2.24, 2.45) is 5.10 Å². The lowest BCUT2D eigenvalue weighted by Gasteiger charge is -2.03. The molecule has 76 valence electrons. The van der Waals surface area contributed by atoms with Crippen LogP contribution in [-0.2, 0) is 4.79 Å². The van der Waals surface area contributed by atoms with Crippen LogP contribution in [0.15, 0.2) is 35.4 Å². The maximum Gasteiger partial charge on any atom is 0.344 e. The Morgan fingerprint density at radius 2 is 2.00 bits per heavy atom. The average molecular weight is 203 g/mol. The van der Waals surface area contributed by atoms with Crippen LogP contribution in [0.5, 0.6) is 0 Å². The third-order valence-electron chi connectivity index (χ3n) is 1.92. The Morgan fingerprint density at radius 3 is 2.60 bits per heavy atom. The summed E-state index contributed by atoms with van der Waals surface area (Å²) in [5, 5.41) is 7.13. The first-order chi connectivity index (χ1) is 7.25. The molecule has 2 rings (SSSR count). The summed E-state index contributed by atoms with van der Waals surface area (Å²) < 4.78 is 0. The number of imide groups is 1. The van der Waals surface area contributed by atoms with Crippen LogP contribution in [-0.4, -0.2) is 29.7 Å². The molecule has 0 atom stereocenters. The summed E-state index contributed by atoms with van der Waals surface area (Å²) in [6.45, 7) is -0.0117. The van der Waals surface area contributed by atoms with Crippen LogP contribution in [0.25, 0.3) is 0 Å². The van der Waals surface area contributed by atoms with Crippen LogP contribution < -0.4 is 5.32 Å². The van der Waals surface area contributed by atoms with Crippen molar-refractivity contribution in [1.82, 2.24) is 10.3 Å². The first-order valence-electron chi connectivity index (χ1n) is 4.46. The van der Waals surface area contributed by atoms with Gasteiger partial charge in [-0.1, -0.05) is 30.3 Å². The highest BCUT2D eigenvalue weighted by Crippen LogP contribution is 2.00. The quantitative estimate of drug-likeness (QED) is 0.564. The Morgan fingerprint density at radius 1 is 1.27 bits per heavy atom. The molecule has 5 nitrogen and oxygen atoms in total. The van der Waals surface area contributed by atoms with Gasteiger partial charge >= 0.3 is 6.03 Å². The summed E-state index contributed by atoms with van der Waals surface area (Å²) in [5.74, 6) is -0.329. The molecule has 15 heavy (non-hydrogen) atoms. The Labute approximate surface area is 86.4 Å². The molecule has 0 spiro atoms. The third kappa shape index (κ3) is 2.19. The first-order valence-corrected chi connectivity index (χ1v) is 4.46. The van der Waals surface area contributed by atoms with Crippen molar-refractivity contribution in [2.75, 3.05) is 6.54 Å². The van der Waals surface area contributed by atoms with E-state index in [2.05, 4.69) is 10.4 Å². The van der Waals surface area contributed by atoms with Crippen molar-refractivity contribution in [1.29, 1.82) is 0 Å². The van der Waals surface area contributed by atoms with Gasteiger partial charge in [0.15, 0.2) is 0 Å². The number of hydrogen-bond acceptors (Lipinski definition) is 3. The summed E-state index contributed by atoms with van der Waals surface area (Å²) in [6, 6.07) is 8.88. The molecule has 3 amide bonds. The molecule has 1 fully saturated rings. The predicted molar refractivity (Wildman–Crippen MR) is 54.3 cm³/mol. The maximum atomic E-state index is 11.1. The minimum absolute atomic E-state index is 0.0117. The highest BCUT2D eigenvalue weighted by atomic mass is 16.2. The summed E-state index contributed by atoms with van der Waals surface area (Å²) in [7, 11) is 0. The maximum absolute atomic E-state index is 11.1. The van der Waals surface area contributed by atoms with Gasteiger partial charge in [-0.2, -0.15) is 5.10 Å². The lowest BCUT2D eigenvalue weighted by Crippen LogP contribution is -2.24. The molecule has 1 aliphatic heterocycles. The molecule has 0 aliphatic carbocycles. The lowest BCUT2D eigenvalue weighted by molar-refractivity contribution is -0.118. The van der Waals surface area contributed by atoms with E-state index in [9.17, 15) is 9.59 Å². The van der Waals surface area contributed by atoms with Gasteiger partial charge in [0.25, 0.3) is 0 Å². The van der Waals surface area contributed by atoms with Gasteiger partial charge in [-0.25, -0.2) is 9.80 Å². The van der Waals surface area contributed by atoms with Crippen molar-refractivity contribution >= 4 is 18.2 Å². The second-order valence-electron chi connectivity index (χ2n) is 3.07. The Balaban J connectivity index is 2.06. The number of nitrogens with one attached hydrogen (secondary N) is 1. The number of hydrogen-bond donors (Lipinski definition) is 1. The smallest absolute Gasteiger partial charge is 0.275 e. The molecule has 0 bridgehead atoms. The van der Waals surface area contributed by atoms with Crippen LogP contribution in [0.3, 0.4) is 0 Å². The summed E-state index contributed by atoms with van der Waals surface area (Å²) in [4.78, 5) is 21.9. The summed E-state index contributed by atoms with van der Waals surface area (Å²) in [6.07, 6.45) is 1.54. The van der Waals surface area contributed by atoms with Gasteiger partial charge in [0.05, 0.1) is 6.21 Å². The molecular weight excluding hydrogens is 194 g/mol. The number of amides is 3. The number of carbonyl (C=O) groups is 2. The zero-order valence-corrected chi connectivity index (χ0v) is 7.88. The van der Waals surface area contributed by atoms with Crippen LogP contribution in [0, 0.1) is 0 Å². The van der Waals surface area contributed by atoms with Gasteiger partial charge in [0, 0.05) is 0 Å². The fourth-order valence-electron chi connectivity index (χ4n) is 1.20. The molecule has 1 aromatic carbocycles. The minimum Gasteiger partial charge on any atom is -0.275 e. The molecule has 0 saturated carbocycles. The highest BCUT2D eigenvalue weighted by Gasteiger charge is 2.25. The number of carbonyl (C=O) groups excluding carboxylic acids is 2. The minimum atomic E-state index is -0.479. The van der Waals surface area contributed by atoms with E-state index in [0.717, 1.165) is 10.6 Å². The fourth-order valence-corrected chi connectivity index (χ4v) is 1.20. The van der Waals surface area contributed by atoms with E-state index in [1.54, 1.807) is 0 Å². The van der Waals surface area contributed by atoms with Gasteiger partial charge in [0.2, 0.25) is 5.91 Å². The SMILES string of the molecule is O=C1CN(/N=C/c2ccccc2)C(=O)N1. The molecule has 1 aromatic rings. The molecule has 0 aromatic heterocycles. The third-order valence-corrected chi connectivity index (χ3v) is 1.92. The predicted octanol–water partition coefficient (Wildman–Crippen LogP) is 0.572. The van der Waals surface area contributed by atoms with Crippen molar-refractivity contribution in [2.45, 2.75) is 0 Å². The number of hydrazone groups is 1. The zero-order chi connectivity index (χ0) is 10.7. The zero-order valence-electron chi connectivity index (χ0n) is 7.88. The van der Waals surface area contributed by atoms with Gasteiger partial charge in [0.1, 0.15) is 6.54 Å². The molecule has 5 heteroatoms. The summed E-state index contributed by atoms with van der Waals surface area (Å²) >= 11 is 0. The van der Waals surface area contributed by atoms with Gasteiger partial charge in [-0.15, -0.1) is 0 Å². The number of nitrogens with zero attached hydrogens (tertiary/aromatic N) is 2. The van der Waals surface area contributed by atoms with E-state index in [-0.39, 0.29) is 12.5 Å². The average Bonchev–Trinajstić information content (AvgIpc) is 2.56. The molecule has 1 N–H and O–H groups in total. The second kappa shape index (κ2) is 3.91. The fraction of sp³-hybridized carbons (Fsp3) is 0.100. The van der Waals surface area contributed by atoms with E-state index < -0.39 is 6.03 Å². The van der Waals surface area contributed by atoms with Crippen molar-refractivity contribution in [3.8, 4) is 0 Å². The van der Waals surface area contributed by atoms with Gasteiger partial charge < -0.3 is 0 Å². The van der Waals surface area contributed by atoms with Crippen molar-refractivity contribution in [3.05, 3.63) is 35.9 Å². The van der Waals surface area contributed by atoms with Gasteiger partial charge in [-0.05, 0) is 5.56 Å². The Hall–Kier alpha value is -2.17. The summed E-state index contributed by atoms with van der Waals surface area (Å²) in [5.41, 5.74) is 0.879. The number of rotatable bonds is 2. The Kier molecular flexibility index (Phi) is 2.45. The first kappa shape index (κ1) is 9.39. The molecule has 1 saturated heterocycles. The highest BCUT2D eigenvalue weighted by molar-refractivity contribution is 6.02. The molecule has 1 heterocycles. The van der Waals surface area contributed by atoms with E-state index in [0.29, 0.717) is 0 Å². The topological polar surface area (TPSA) is 61.8 Å². The van der Waals surface area contributed by atoms with E-state index in [1.165, 1.54) is 6.21 Å². The van der Waals surface area contributed by atoms with Crippen LogP contribution in [0.1, 0.15) is 5.56 Å². The van der Waals surface area contributed by atoms with E-state index in [4.69, 9.17) is 0 Å². The van der Waals surface area contributed by atoms with E-state index >= 15 is 0 Å². The van der Waals surface area contributed by atoms with Gasteiger partial charge in [-0.3, -0.25) is 10.1 Å². The van der Waals surface area contributed by atoms with Crippen LogP contribution in [0.4, 0.5) is 4.79 Å². The van der Waals surface area contributed by atoms with E-state index in [1.807, 2.05) is 30.3 Å². The molecule has 1 aliphatic rings. The standard InChI is InChI=1S/C10H9N3O2/c14-9-7-13(10(15)12-9)11-6-8-4-2-1-3-5-8/h1-6H,7H2,(H,12,14,15)/b11-6+. The Bertz CT molecular complexity index is 414. The van der Waals surface area contributed by atoms with Crippen LogP contribution >= 0.6 is 0 Å². The van der Waals surface area contributed by atoms with Crippen molar-refractivity contribution in [3.63, 3.8) is 0 Å². The molecular formula is C10H9N3O2. The number of benzene rings is 1. The monoisotopic (exact) mass is 203 g/mol. The second-order valence-corrected chi connectivity index (χ2v) is 3.07. The molecule has 0 unspecified atom stereocenters. The molecule has 0 radical (unpaired) electrons. The lowest BCUT2D eigenvalue weighted by atomic mass is 10.2. The normalized spacial score (nSPS) is 16.1. The van der Waals surface area contributed by atoms with Crippen molar-refractivity contribution < 1.29 is 9.59 Å². The largest absolute Gasteiger partial charge is 0.344 e. The number of urea groups is 1. The van der Waals surface area contributed by atoms with Crippen LogP contribution in [0.2, 0.25) is 0 Å².